The molecule has 0 atom stereocenters. The molecule has 0 radical (unpaired) electrons. The first-order chi connectivity index (χ1) is 19.0. The third-order valence-electron chi connectivity index (χ3n) is 7.78. The number of unbranched alkanes of at least 4 members (excludes halogenated alkanes) is 2. The van der Waals surface area contributed by atoms with E-state index in [1.54, 1.807) is 0 Å². The maximum absolute atomic E-state index is 12.9. The topological polar surface area (TPSA) is 34.1 Å². The van der Waals surface area contributed by atoms with E-state index in [-0.39, 0.29) is 11.6 Å². The van der Waals surface area contributed by atoms with Gasteiger partial charge in [0.1, 0.15) is 0 Å². The van der Waals surface area contributed by atoms with Crippen molar-refractivity contribution in [1.29, 1.82) is 0 Å². The molecule has 4 aromatic carbocycles. The van der Waals surface area contributed by atoms with Crippen LogP contribution in [0.1, 0.15) is 82.5 Å². The van der Waals surface area contributed by atoms with Crippen LogP contribution in [0.4, 0.5) is 0 Å². The Morgan fingerprint density at radius 2 is 0.821 bits per heavy atom. The van der Waals surface area contributed by atoms with Crippen molar-refractivity contribution in [3.8, 4) is 0 Å². The van der Waals surface area contributed by atoms with Crippen molar-refractivity contribution in [3.63, 3.8) is 0 Å². The van der Waals surface area contributed by atoms with E-state index in [0.29, 0.717) is 0 Å². The van der Waals surface area contributed by atoms with Gasteiger partial charge >= 0.3 is 239 Å². The molecule has 0 fully saturated rings. The second kappa shape index (κ2) is 14.4. The maximum atomic E-state index is 12.9. The molecule has 0 aliphatic heterocycles. The molecule has 0 heterocycles. The normalized spacial score (nSPS) is 11.3. The number of hydrogen-bond donors (Lipinski definition) is 0. The van der Waals surface area contributed by atoms with Crippen LogP contribution in [-0.4, -0.2) is 29.9 Å². The van der Waals surface area contributed by atoms with Crippen molar-refractivity contribution in [2.24, 2.45) is 0 Å². The molecule has 0 aliphatic carbocycles. The van der Waals surface area contributed by atoms with Crippen LogP contribution < -0.4 is 0 Å². The average Bonchev–Trinajstić information content (AvgIpc) is 3.00. The fourth-order valence-corrected chi connectivity index (χ4v) is 21.2. The van der Waals surface area contributed by atoms with Gasteiger partial charge in [0.15, 0.2) is 0 Å². The molecule has 0 aromatic heterocycles. The molecule has 39 heavy (non-hydrogen) atoms. The molecule has 3 heteroatoms. The van der Waals surface area contributed by atoms with E-state index >= 15 is 0 Å². The molecule has 4 aromatic rings. The van der Waals surface area contributed by atoms with Gasteiger partial charge in [-0.3, -0.25) is 0 Å². The van der Waals surface area contributed by atoms with E-state index in [2.05, 4.69) is 38.1 Å². The van der Waals surface area contributed by atoms with Gasteiger partial charge in [-0.05, 0) is 0 Å². The van der Waals surface area contributed by atoms with Crippen molar-refractivity contribution in [1.82, 2.24) is 0 Å². The molecule has 0 spiro atoms. The van der Waals surface area contributed by atoms with Gasteiger partial charge in [-0.15, -0.1) is 0 Å². The van der Waals surface area contributed by atoms with Gasteiger partial charge in [0.25, 0.3) is 0 Å². The Balaban J connectivity index is 1.55. The number of hydrogen-bond acceptors (Lipinski definition) is 2. The number of carbonyl (C=O) groups excluding carboxylic acids is 2. The minimum atomic E-state index is -2.65. The predicted octanol–water partition coefficient (Wildman–Crippen LogP) is 9.06. The average molecular weight is 623 g/mol. The van der Waals surface area contributed by atoms with E-state index in [1.165, 1.54) is 54.6 Å². The van der Waals surface area contributed by atoms with Gasteiger partial charge in [-0.25, -0.2) is 0 Å². The molecule has 4 rings (SSSR count). The van der Waals surface area contributed by atoms with Crippen LogP contribution in [0.2, 0.25) is 8.87 Å². The second-order valence-electron chi connectivity index (χ2n) is 10.8. The van der Waals surface area contributed by atoms with E-state index in [0.717, 1.165) is 22.3 Å². The van der Waals surface area contributed by atoms with E-state index in [9.17, 15) is 9.59 Å². The molecule has 2 nitrogen and oxygen atoms in total. The Kier molecular flexibility index (Phi) is 10.7. The van der Waals surface area contributed by atoms with Crippen molar-refractivity contribution in [2.45, 2.75) is 57.3 Å². The zero-order valence-corrected chi connectivity index (χ0v) is 26.2. The molecule has 0 amide bonds. The molecule has 0 saturated heterocycles. The first-order valence-corrected chi connectivity index (χ1v) is 22.5. The standard InChI is InChI=1S/2C14H11O.2C4H9.Sn/c2*1-11-7-9-13(10-8-11)14(15)12-5-3-2-4-6-12;2*1-3-4-2;/h2*2-10H,1H2;2*1,3-4H2,2H3;. The summed E-state index contributed by atoms with van der Waals surface area (Å²) >= 11 is -2.65. The fourth-order valence-electron chi connectivity index (χ4n) is 5.57. The Hall–Kier alpha value is -2.98. The van der Waals surface area contributed by atoms with Gasteiger partial charge < -0.3 is 0 Å². The van der Waals surface area contributed by atoms with Crippen LogP contribution in [0.25, 0.3) is 0 Å². The number of benzene rings is 4. The molecular formula is C36H40O2Sn. The number of carbonyl (C=O) groups is 2. The van der Waals surface area contributed by atoms with Gasteiger partial charge in [0, 0.05) is 0 Å². The zero-order valence-electron chi connectivity index (χ0n) is 23.4. The summed E-state index contributed by atoms with van der Waals surface area (Å²) in [4.78, 5) is 25.8. The number of rotatable bonds is 14. The summed E-state index contributed by atoms with van der Waals surface area (Å²) in [5.41, 5.74) is 5.73. The minimum absolute atomic E-state index is 0.0824. The Bertz CT molecular complexity index is 1220. The SMILES string of the molecule is CCC[CH2][Sn]([CH2]CCC)([CH2]c1ccc(C(=O)c2ccccc2)cc1)[CH2]c1ccc(C(=O)c2ccccc2)cc1. The summed E-state index contributed by atoms with van der Waals surface area (Å²) in [6, 6.07) is 35.9. The second-order valence-corrected chi connectivity index (χ2v) is 24.3. The Morgan fingerprint density at radius 3 is 1.15 bits per heavy atom. The van der Waals surface area contributed by atoms with Gasteiger partial charge in [-0.1, -0.05) is 0 Å². The molecule has 0 aliphatic rings. The summed E-state index contributed by atoms with van der Waals surface area (Å²) in [5, 5.41) is 0. The van der Waals surface area contributed by atoms with Crippen LogP contribution >= 0.6 is 0 Å². The summed E-state index contributed by atoms with van der Waals surface area (Å²) in [6.07, 6.45) is 5.02. The quantitative estimate of drug-likeness (QED) is 0.104. The number of ketones is 2. The van der Waals surface area contributed by atoms with E-state index in [4.69, 9.17) is 0 Å². The molecular weight excluding hydrogens is 583 g/mol. The predicted molar refractivity (Wildman–Crippen MR) is 165 cm³/mol. The monoisotopic (exact) mass is 624 g/mol. The van der Waals surface area contributed by atoms with Crippen molar-refractivity contribution < 1.29 is 9.59 Å². The summed E-state index contributed by atoms with van der Waals surface area (Å²) in [5.74, 6) is 0.165. The Morgan fingerprint density at radius 1 is 0.487 bits per heavy atom. The van der Waals surface area contributed by atoms with Crippen LogP contribution in [-0.2, 0) is 8.87 Å². The Labute approximate surface area is 238 Å². The third-order valence-corrected chi connectivity index (χ3v) is 22.5. The van der Waals surface area contributed by atoms with Gasteiger partial charge in [0.2, 0.25) is 0 Å². The van der Waals surface area contributed by atoms with Crippen LogP contribution in [0.5, 0.6) is 0 Å². The summed E-state index contributed by atoms with van der Waals surface area (Å²) < 4.78 is 5.14. The van der Waals surface area contributed by atoms with Crippen molar-refractivity contribution in [2.75, 3.05) is 0 Å². The summed E-state index contributed by atoms with van der Waals surface area (Å²) in [6.45, 7) is 4.59. The van der Waals surface area contributed by atoms with Crippen molar-refractivity contribution in [3.05, 3.63) is 143 Å². The van der Waals surface area contributed by atoms with Crippen LogP contribution in [0.3, 0.4) is 0 Å². The molecule has 200 valence electrons. The first-order valence-electron chi connectivity index (χ1n) is 14.4. The van der Waals surface area contributed by atoms with E-state index < -0.39 is 18.4 Å². The third kappa shape index (κ3) is 8.01. The van der Waals surface area contributed by atoms with Crippen LogP contribution in [0.15, 0.2) is 109 Å². The first kappa shape index (κ1) is 29.0. The van der Waals surface area contributed by atoms with Crippen molar-refractivity contribution >= 4 is 29.9 Å². The summed E-state index contributed by atoms with van der Waals surface area (Å²) in [7, 11) is 0. The van der Waals surface area contributed by atoms with Gasteiger partial charge in [0.05, 0.1) is 0 Å². The zero-order chi connectivity index (χ0) is 27.5. The van der Waals surface area contributed by atoms with Gasteiger partial charge in [-0.2, -0.15) is 0 Å². The molecule has 0 N–H and O–H groups in total. The van der Waals surface area contributed by atoms with Crippen LogP contribution in [0, 0.1) is 0 Å². The molecule has 0 bridgehead atoms. The molecule has 0 unspecified atom stereocenters. The molecule has 0 saturated carbocycles. The van der Waals surface area contributed by atoms with E-state index in [1.807, 2.05) is 84.9 Å². The fraction of sp³-hybridized carbons (Fsp3) is 0.278.